The fourth-order valence-corrected chi connectivity index (χ4v) is 3.32. The minimum Gasteiger partial charge on any atom is -0.229 e. The number of rotatable bonds is 2. The molecule has 0 N–H and O–H groups in total. The number of nitrogens with zero attached hydrogens (tertiary/aromatic N) is 3. The van der Waals surface area contributed by atoms with E-state index < -0.39 is 5.82 Å². The van der Waals surface area contributed by atoms with Crippen LogP contribution in [-0.4, -0.2) is 22.8 Å². The molecule has 0 aromatic heterocycles. The van der Waals surface area contributed by atoms with E-state index >= 15 is 0 Å². The molecule has 0 saturated heterocycles. The zero-order valence-corrected chi connectivity index (χ0v) is 15.1. The van der Waals surface area contributed by atoms with Crippen molar-refractivity contribution in [3.05, 3.63) is 68.4 Å². The first-order valence-electron chi connectivity index (χ1n) is 6.75. The Labute approximate surface area is 157 Å². The first-order valence-corrected chi connectivity index (χ1v) is 8.87. The number of hydrogen-bond donors (Lipinski definition) is 0. The van der Waals surface area contributed by atoms with Gasteiger partial charge < -0.3 is 0 Å². The van der Waals surface area contributed by atoms with E-state index in [4.69, 9.17) is 34.8 Å². The van der Waals surface area contributed by atoms with Crippen LogP contribution in [0.15, 0.2) is 51.6 Å². The van der Waals surface area contributed by atoms with Crippen molar-refractivity contribution in [2.45, 2.75) is 0 Å². The van der Waals surface area contributed by atoms with Gasteiger partial charge in [-0.05, 0) is 18.2 Å². The fourth-order valence-electron chi connectivity index (χ4n) is 1.94. The Kier molecular flexibility index (Phi) is 5.56. The molecule has 0 spiro atoms. The molecule has 24 heavy (non-hydrogen) atoms. The van der Waals surface area contributed by atoms with E-state index in [9.17, 15) is 4.39 Å². The van der Waals surface area contributed by atoms with E-state index in [2.05, 4.69) is 15.2 Å². The number of amidine groups is 1. The Morgan fingerprint density at radius 1 is 1.04 bits per heavy atom. The summed E-state index contributed by atoms with van der Waals surface area (Å²) in [5.41, 5.74) is 1.83. The summed E-state index contributed by atoms with van der Waals surface area (Å²) in [4.78, 5) is 4.26. The van der Waals surface area contributed by atoms with Crippen LogP contribution < -0.4 is 0 Å². The van der Waals surface area contributed by atoms with Crippen molar-refractivity contribution in [3.8, 4) is 0 Å². The summed E-state index contributed by atoms with van der Waals surface area (Å²) in [7, 11) is 0. The monoisotopic (exact) mass is 399 g/mol. The first kappa shape index (κ1) is 17.4. The number of thioether (sulfide) groups is 1. The highest BCUT2D eigenvalue weighted by molar-refractivity contribution is 8.14. The van der Waals surface area contributed by atoms with Gasteiger partial charge in [-0.1, -0.05) is 64.8 Å². The molecule has 0 radical (unpaired) electrons. The summed E-state index contributed by atoms with van der Waals surface area (Å²) in [6.07, 6.45) is 1.63. The second-order valence-electron chi connectivity index (χ2n) is 4.74. The maximum Gasteiger partial charge on any atom is 0.209 e. The molecule has 1 heterocycles. The minimum atomic E-state index is -0.546. The topological polar surface area (TPSA) is 37.1 Å². The molecular weight excluding hydrogens is 392 g/mol. The maximum atomic E-state index is 13.6. The quantitative estimate of drug-likeness (QED) is 0.470. The molecule has 1 aliphatic rings. The summed E-state index contributed by atoms with van der Waals surface area (Å²) in [5, 5.41) is 9.53. The highest BCUT2D eigenvalue weighted by Gasteiger charge is 2.16. The second-order valence-corrected chi connectivity index (χ2v) is 6.91. The summed E-state index contributed by atoms with van der Waals surface area (Å²) in [6.45, 7) is 0. The van der Waals surface area contributed by atoms with Gasteiger partial charge in [-0.15, -0.1) is 5.10 Å². The average Bonchev–Trinajstić information content (AvgIpc) is 2.58. The van der Waals surface area contributed by atoms with Crippen LogP contribution in [0, 0.1) is 5.82 Å². The molecule has 3 rings (SSSR count). The molecule has 2 aromatic rings. The molecule has 8 heteroatoms. The lowest BCUT2D eigenvalue weighted by atomic mass is 10.1. The number of hydrogen-bond acceptors (Lipinski definition) is 4. The fraction of sp³-hybridized carbons (Fsp3) is 0.0625. The van der Waals surface area contributed by atoms with Gasteiger partial charge in [0.2, 0.25) is 5.17 Å². The molecule has 0 atom stereocenters. The van der Waals surface area contributed by atoms with Gasteiger partial charge in [0.05, 0.1) is 15.8 Å². The van der Waals surface area contributed by atoms with E-state index in [1.807, 2.05) is 18.2 Å². The van der Waals surface area contributed by atoms with Gasteiger partial charge in [-0.25, -0.2) is 9.38 Å². The highest BCUT2D eigenvalue weighted by atomic mass is 35.5. The van der Waals surface area contributed by atoms with Gasteiger partial charge in [-0.3, -0.25) is 0 Å². The van der Waals surface area contributed by atoms with E-state index in [1.54, 1.807) is 12.3 Å². The normalized spacial score (nSPS) is 14.7. The summed E-state index contributed by atoms with van der Waals surface area (Å²) < 4.78 is 13.6. The van der Waals surface area contributed by atoms with Gasteiger partial charge in [0.25, 0.3) is 0 Å². The Morgan fingerprint density at radius 3 is 2.54 bits per heavy atom. The molecule has 0 bridgehead atoms. The Bertz CT molecular complexity index is 881. The van der Waals surface area contributed by atoms with Crippen molar-refractivity contribution in [3.63, 3.8) is 0 Å². The van der Waals surface area contributed by atoms with Crippen LogP contribution in [0.1, 0.15) is 11.1 Å². The third-order valence-electron chi connectivity index (χ3n) is 3.13. The van der Waals surface area contributed by atoms with Crippen molar-refractivity contribution in [1.82, 2.24) is 0 Å². The van der Waals surface area contributed by atoms with Crippen molar-refractivity contribution in [1.29, 1.82) is 0 Å². The van der Waals surface area contributed by atoms with Crippen molar-refractivity contribution in [2.75, 3.05) is 5.75 Å². The highest BCUT2D eigenvalue weighted by Crippen LogP contribution is 2.27. The Hall–Kier alpha value is -1.40. The lowest BCUT2D eigenvalue weighted by Crippen LogP contribution is -2.11. The Balaban J connectivity index is 1.82. The first-order chi connectivity index (χ1) is 11.5. The van der Waals surface area contributed by atoms with Crippen molar-refractivity contribution >= 4 is 63.7 Å². The molecule has 1 aliphatic heterocycles. The van der Waals surface area contributed by atoms with Crippen LogP contribution in [0.5, 0.6) is 0 Å². The average molecular weight is 401 g/mol. The predicted molar refractivity (Wildman–Crippen MR) is 102 cm³/mol. The SMILES string of the molecule is Fc1cc(C2=NN=C(/N=C\c3ccccc3Cl)SC2)c(Cl)cc1Cl. The van der Waals surface area contributed by atoms with Crippen LogP contribution in [-0.2, 0) is 0 Å². The van der Waals surface area contributed by atoms with Crippen LogP contribution in [0.2, 0.25) is 15.1 Å². The zero-order valence-electron chi connectivity index (χ0n) is 12.0. The van der Waals surface area contributed by atoms with E-state index in [-0.39, 0.29) is 5.02 Å². The van der Waals surface area contributed by atoms with E-state index in [0.29, 0.717) is 32.2 Å². The van der Waals surface area contributed by atoms with Gasteiger partial charge in [0.1, 0.15) is 5.82 Å². The third kappa shape index (κ3) is 3.98. The van der Waals surface area contributed by atoms with Crippen LogP contribution >= 0.6 is 46.6 Å². The molecule has 0 fully saturated rings. The molecular formula is C16H9Cl3FN3S. The molecule has 0 saturated carbocycles. The zero-order chi connectivity index (χ0) is 17.1. The van der Waals surface area contributed by atoms with Gasteiger partial charge in [0.15, 0.2) is 0 Å². The molecule has 2 aromatic carbocycles. The second kappa shape index (κ2) is 7.66. The Morgan fingerprint density at radius 2 is 1.83 bits per heavy atom. The maximum absolute atomic E-state index is 13.6. The number of benzene rings is 2. The summed E-state index contributed by atoms with van der Waals surface area (Å²) in [5.74, 6) is -0.0743. The number of halogens is 4. The summed E-state index contributed by atoms with van der Waals surface area (Å²) in [6, 6.07) is 9.97. The smallest absolute Gasteiger partial charge is 0.209 e. The minimum absolute atomic E-state index is 0.0265. The van der Waals surface area contributed by atoms with Crippen LogP contribution in [0.3, 0.4) is 0 Å². The van der Waals surface area contributed by atoms with Crippen molar-refractivity contribution in [2.24, 2.45) is 15.2 Å². The standard InChI is InChI=1S/C16H9Cl3FN3S/c17-11-4-2-1-3-9(11)7-21-16-23-22-15(8-24-16)10-5-14(20)13(19)6-12(10)18/h1-7H,8H2/b21-7-. The lowest BCUT2D eigenvalue weighted by molar-refractivity contribution is 0.628. The molecule has 3 nitrogen and oxygen atoms in total. The van der Waals surface area contributed by atoms with Crippen LogP contribution in [0.4, 0.5) is 4.39 Å². The van der Waals surface area contributed by atoms with Gasteiger partial charge in [-0.2, -0.15) is 5.10 Å². The predicted octanol–water partition coefficient (Wildman–Crippen LogP) is 5.71. The molecule has 0 unspecified atom stereocenters. The van der Waals surface area contributed by atoms with Gasteiger partial charge >= 0.3 is 0 Å². The molecule has 122 valence electrons. The molecule has 0 aliphatic carbocycles. The largest absolute Gasteiger partial charge is 0.229 e. The van der Waals surface area contributed by atoms with E-state index in [0.717, 1.165) is 5.56 Å². The van der Waals surface area contributed by atoms with Crippen molar-refractivity contribution < 1.29 is 4.39 Å². The number of aliphatic imine (C=N–C) groups is 1. The summed E-state index contributed by atoms with van der Waals surface area (Å²) >= 11 is 19.2. The van der Waals surface area contributed by atoms with E-state index in [1.165, 1.54) is 23.9 Å². The molecule has 0 amide bonds. The third-order valence-corrected chi connectivity index (χ3v) is 4.94. The van der Waals surface area contributed by atoms with Gasteiger partial charge in [0, 0.05) is 28.1 Å². The lowest BCUT2D eigenvalue weighted by Gasteiger charge is -2.11. The van der Waals surface area contributed by atoms with Crippen LogP contribution in [0.25, 0.3) is 0 Å².